The molecule has 0 fully saturated rings. The van der Waals surface area contributed by atoms with E-state index in [0.717, 1.165) is 16.3 Å². The maximum Gasteiger partial charge on any atom is 0.211 e. The number of aryl methyl sites for hydroxylation is 1. The van der Waals surface area contributed by atoms with Crippen LogP contribution in [0, 0.1) is 6.92 Å². The van der Waals surface area contributed by atoms with E-state index in [1.807, 2.05) is 61.3 Å². The number of hydrogen-bond acceptors (Lipinski definition) is 6. The van der Waals surface area contributed by atoms with E-state index >= 15 is 0 Å². The van der Waals surface area contributed by atoms with Crippen LogP contribution in [0.25, 0.3) is 0 Å². The molecule has 0 amide bonds. The van der Waals surface area contributed by atoms with Gasteiger partial charge in [-0.3, -0.25) is 9.36 Å². The first-order valence-corrected chi connectivity index (χ1v) is 10.2. The Balaban J connectivity index is 1.45. The molecule has 144 valence electrons. The Labute approximate surface area is 175 Å². The second kappa shape index (κ2) is 7.90. The summed E-state index contributed by atoms with van der Waals surface area (Å²) in [7, 11) is 0. The summed E-state index contributed by atoms with van der Waals surface area (Å²) in [5.74, 6) is 0.675. The van der Waals surface area contributed by atoms with Crippen LogP contribution >= 0.6 is 34.5 Å². The van der Waals surface area contributed by atoms with Crippen molar-refractivity contribution in [3.05, 3.63) is 69.0 Å². The summed E-state index contributed by atoms with van der Waals surface area (Å²) >= 11 is 13.9. The smallest absolute Gasteiger partial charge is 0.211 e. The van der Waals surface area contributed by atoms with Crippen LogP contribution in [0.4, 0.5) is 10.9 Å². The Hall–Kier alpha value is -2.42. The minimum absolute atomic E-state index is 0.0154. The molecule has 3 heterocycles. The van der Waals surface area contributed by atoms with Gasteiger partial charge in [0.15, 0.2) is 5.82 Å². The van der Waals surface area contributed by atoms with E-state index in [2.05, 4.69) is 25.7 Å². The number of nitrogens with one attached hydrogen (secondary N) is 1. The molecule has 1 aromatic carbocycles. The SMILES string of the molecule is Cc1ccn([C@H](C)c2nnc(Nc3ccn(Cc4c(Cl)cccc4Cl)n3)s2)n1. The van der Waals surface area contributed by atoms with Crippen molar-refractivity contribution < 1.29 is 0 Å². The van der Waals surface area contributed by atoms with Crippen molar-refractivity contribution in [2.24, 2.45) is 0 Å². The van der Waals surface area contributed by atoms with Crippen LogP contribution in [-0.4, -0.2) is 29.8 Å². The maximum atomic E-state index is 6.24. The number of rotatable bonds is 6. The standard InChI is InChI=1S/C18H17Cl2N7S/c1-11-6-9-27(24-11)12(2)17-22-23-18(28-17)21-16-7-8-26(25-16)10-13-14(19)4-3-5-15(13)20/h3-9,12H,10H2,1-2H3,(H,21,23,25)/t12-/m1/s1. The van der Waals surface area contributed by atoms with Gasteiger partial charge in [0.25, 0.3) is 0 Å². The lowest BCUT2D eigenvalue weighted by Gasteiger charge is -2.07. The second-order valence-corrected chi connectivity index (χ2v) is 8.11. The lowest BCUT2D eigenvalue weighted by Crippen LogP contribution is -2.07. The molecule has 10 heteroatoms. The highest BCUT2D eigenvalue weighted by molar-refractivity contribution is 7.15. The first-order chi connectivity index (χ1) is 13.5. The van der Waals surface area contributed by atoms with Gasteiger partial charge in [0.1, 0.15) is 11.0 Å². The molecule has 0 unspecified atom stereocenters. The molecule has 0 bridgehead atoms. The molecule has 4 rings (SSSR count). The molecule has 28 heavy (non-hydrogen) atoms. The summed E-state index contributed by atoms with van der Waals surface area (Å²) in [6.45, 7) is 4.48. The predicted octanol–water partition coefficient (Wildman–Crippen LogP) is 4.95. The maximum absolute atomic E-state index is 6.24. The Morgan fingerprint density at radius 3 is 2.57 bits per heavy atom. The zero-order valence-corrected chi connectivity index (χ0v) is 17.5. The number of benzene rings is 1. The molecule has 0 aliphatic carbocycles. The monoisotopic (exact) mass is 433 g/mol. The lowest BCUT2D eigenvalue weighted by atomic mass is 10.2. The third-order valence-electron chi connectivity index (χ3n) is 4.19. The molecule has 1 atom stereocenters. The van der Waals surface area contributed by atoms with E-state index in [9.17, 15) is 0 Å². The first kappa shape index (κ1) is 18.9. The number of nitrogens with zero attached hydrogens (tertiary/aromatic N) is 6. The van der Waals surface area contributed by atoms with Gasteiger partial charge in [0, 0.05) is 34.1 Å². The van der Waals surface area contributed by atoms with E-state index in [1.54, 1.807) is 4.68 Å². The van der Waals surface area contributed by atoms with Crippen LogP contribution in [0.5, 0.6) is 0 Å². The number of aromatic nitrogens is 6. The lowest BCUT2D eigenvalue weighted by molar-refractivity contribution is 0.554. The molecule has 4 aromatic rings. The highest BCUT2D eigenvalue weighted by Gasteiger charge is 2.15. The van der Waals surface area contributed by atoms with Crippen molar-refractivity contribution in [2.75, 3.05) is 5.32 Å². The average Bonchev–Trinajstić information content (AvgIpc) is 3.40. The molecule has 0 aliphatic heterocycles. The predicted molar refractivity (Wildman–Crippen MR) is 112 cm³/mol. The molecule has 0 saturated heterocycles. The molecule has 0 radical (unpaired) electrons. The van der Waals surface area contributed by atoms with Gasteiger partial charge < -0.3 is 5.32 Å². The van der Waals surface area contributed by atoms with Crippen LogP contribution in [-0.2, 0) is 6.54 Å². The van der Waals surface area contributed by atoms with E-state index in [1.165, 1.54) is 11.3 Å². The molecule has 0 aliphatic rings. The molecule has 1 N–H and O–H groups in total. The van der Waals surface area contributed by atoms with Gasteiger partial charge in [-0.25, -0.2) is 0 Å². The fourth-order valence-electron chi connectivity index (χ4n) is 2.69. The number of anilines is 2. The highest BCUT2D eigenvalue weighted by atomic mass is 35.5. The summed E-state index contributed by atoms with van der Waals surface area (Å²) in [5, 5.41) is 23.4. The summed E-state index contributed by atoms with van der Waals surface area (Å²) < 4.78 is 3.65. The zero-order chi connectivity index (χ0) is 19.7. The van der Waals surface area contributed by atoms with Crippen molar-refractivity contribution in [3.8, 4) is 0 Å². The fraction of sp³-hybridized carbons (Fsp3) is 0.222. The third kappa shape index (κ3) is 4.04. The van der Waals surface area contributed by atoms with Gasteiger partial charge in [-0.15, -0.1) is 10.2 Å². The van der Waals surface area contributed by atoms with Crippen molar-refractivity contribution in [1.82, 2.24) is 29.8 Å². The van der Waals surface area contributed by atoms with Crippen LogP contribution in [0.15, 0.2) is 42.7 Å². The molecule has 7 nitrogen and oxygen atoms in total. The van der Waals surface area contributed by atoms with E-state index < -0.39 is 0 Å². The van der Waals surface area contributed by atoms with Crippen molar-refractivity contribution in [2.45, 2.75) is 26.4 Å². The average molecular weight is 434 g/mol. The minimum atomic E-state index is 0.0154. The van der Waals surface area contributed by atoms with Gasteiger partial charge in [0.2, 0.25) is 5.13 Å². The normalized spacial score (nSPS) is 12.3. The fourth-order valence-corrected chi connectivity index (χ4v) is 4.00. The molecular weight excluding hydrogens is 417 g/mol. The van der Waals surface area contributed by atoms with Gasteiger partial charge in [0.05, 0.1) is 12.2 Å². The van der Waals surface area contributed by atoms with E-state index in [-0.39, 0.29) is 6.04 Å². The van der Waals surface area contributed by atoms with Crippen molar-refractivity contribution in [1.29, 1.82) is 0 Å². The Kier molecular flexibility index (Phi) is 5.34. The molecule has 3 aromatic heterocycles. The Bertz CT molecular complexity index is 1080. The van der Waals surface area contributed by atoms with Crippen LogP contribution < -0.4 is 5.32 Å². The van der Waals surface area contributed by atoms with Crippen molar-refractivity contribution >= 4 is 45.5 Å². The highest BCUT2D eigenvalue weighted by Crippen LogP contribution is 2.27. The van der Waals surface area contributed by atoms with E-state index in [0.29, 0.717) is 27.5 Å². The molecule has 0 saturated carbocycles. The zero-order valence-electron chi connectivity index (χ0n) is 15.2. The molecular formula is C18H17Cl2N7S. The van der Waals surface area contributed by atoms with Gasteiger partial charge in [-0.05, 0) is 32.0 Å². The summed E-state index contributed by atoms with van der Waals surface area (Å²) in [6.07, 6.45) is 3.80. The topological polar surface area (TPSA) is 73.5 Å². The minimum Gasteiger partial charge on any atom is -0.313 e. The van der Waals surface area contributed by atoms with Gasteiger partial charge in [-0.1, -0.05) is 40.6 Å². The van der Waals surface area contributed by atoms with Crippen molar-refractivity contribution in [3.63, 3.8) is 0 Å². The van der Waals surface area contributed by atoms with E-state index in [4.69, 9.17) is 23.2 Å². The Morgan fingerprint density at radius 1 is 1.07 bits per heavy atom. The first-order valence-electron chi connectivity index (χ1n) is 8.58. The van der Waals surface area contributed by atoms with Gasteiger partial charge >= 0.3 is 0 Å². The Morgan fingerprint density at radius 2 is 1.86 bits per heavy atom. The van der Waals surface area contributed by atoms with Crippen LogP contribution in [0.1, 0.15) is 29.2 Å². The van der Waals surface area contributed by atoms with Gasteiger partial charge in [-0.2, -0.15) is 10.2 Å². The number of halogens is 2. The molecule has 0 spiro atoms. The summed E-state index contributed by atoms with van der Waals surface area (Å²) in [6, 6.07) is 9.30. The van der Waals surface area contributed by atoms with Crippen LogP contribution in [0.2, 0.25) is 10.0 Å². The second-order valence-electron chi connectivity index (χ2n) is 6.28. The quantitative estimate of drug-likeness (QED) is 0.465. The number of hydrogen-bond donors (Lipinski definition) is 1. The summed E-state index contributed by atoms with van der Waals surface area (Å²) in [4.78, 5) is 0. The largest absolute Gasteiger partial charge is 0.313 e. The van der Waals surface area contributed by atoms with Crippen LogP contribution in [0.3, 0.4) is 0 Å². The third-order valence-corrected chi connectivity index (χ3v) is 5.91. The summed E-state index contributed by atoms with van der Waals surface area (Å²) in [5.41, 5.74) is 1.81.